The number of benzene rings is 2. The quantitative estimate of drug-likeness (QED) is 0.337. The Morgan fingerprint density at radius 1 is 1.06 bits per heavy atom. The van der Waals surface area contributed by atoms with E-state index in [1.54, 1.807) is 13.1 Å². The monoisotopic (exact) mass is 435 g/mol. The van der Waals surface area contributed by atoms with Crippen LogP contribution in [0.25, 0.3) is 5.69 Å². The number of aryl methyl sites for hydroxylation is 2. The lowest BCUT2D eigenvalue weighted by atomic mass is 10.1. The van der Waals surface area contributed by atoms with Gasteiger partial charge in [-0.1, -0.05) is 24.3 Å². The number of guanidine groups is 1. The maximum atomic E-state index is 11.8. The van der Waals surface area contributed by atoms with E-state index in [1.165, 1.54) is 14.2 Å². The van der Waals surface area contributed by atoms with Crippen LogP contribution in [0, 0.1) is 13.8 Å². The zero-order chi connectivity index (χ0) is 23.1. The molecule has 0 saturated carbocycles. The first-order chi connectivity index (χ1) is 15.5. The lowest BCUT2D eigenvalue weighted by Gasteiger charge is -2.15. The summed E-state index contributed by atoms with van der Waals surface area (Å²) in [6.45, 7) is 5.13. The van der Waals surface area contributed by atoms with Gasteiger partial charge in [0.05, 0.1) is 25.6 Å². The van der Waals surface area contributed by atoms with Crippen LogP contribution in [-0.4, -0.2) is 43.0 Å². The number of rotatable bonds is 7. The predicted molar refractivity (Wildman–Crippen MR) is 124 cm³/mol. The number of aliphatic imine (C=N–C) groups is 1. The van der Waals surface area contributed by atoms with Gasteiger partial charge in [-0.25, -0.2) is 9.48 Å². The van der Waals surface area contributed by atoms with E-state index >= 15 is 0 Å². The van der Waals surface area contributed by atoms with Crippen LogP contribution < -0.4 is 15.4 Å². The largest absolute Gasteiger partial charge is 0.496 e. The number of aromatic nitrogens is 2. The second kappa shape index (κ2) is 10.5. The Labute approximate surface area is 188 Å². The molecule has 0 amide bonds. The van der Waals surface area contributed by atoms with Gasteiger partial charge in [-0.05, 0) is 49.2 Å². The van der Waals surface area contributed by atoms with E-state index in [4.69, 9.17) is 9.47 Å². The molecule has 0 atom stereocenters. The molecule has 0 fully saturated rings. The van der Waals surface area contributed by atoms with Crippen molar-refractivity contribution >= 4 is 11.9 Å². The third-order valence-electron chi connectivity index (χ3n) is 5.03. The first kappa shape index (κ1) is 22.9. The Balaban J connectivity index is 1.67. The maximum absolute atomic E-state index is 11.8. The van der Waals surface area contributed by atoms with Crippen LogP contribution in [0.4, 0.5) is 0 Å². The van der Waals surface area contributed by atoms with Crippen molar-refractivity contribution in [2.24, 2.45) is 4.99 Å². The summed E-state index contributed by atoms with van der Waals surface area (Å²) < 4.78 is 12.1. The Morgan fingerprint density at radius 3 is 2.47 bits per heavy atom. The average molecular weight is 436 g/mol. The summed E-state index contributed by atoms with van der Waals surface area (Å²) in [6.07, 6.45) is 0. The number of ether oxygens (including phenoxy) is 2. The van der Waals surface area contributed by atoms with Crippen molar-refractivity contribution in [1.82, 2.24) is 20.4 Å². The Bertz CT molecular complexity index is 1120. The smallest absolute Gasteiger partial charge is 0.341 e. The number of nitrogens with one attached hydrogen (secondary N) is 2. The minimum Gasteiger partial charge on any atom is -0.496 e. The molecule has 0 aliphatic rings. The molecule has 32 heavy (non-hydrogen) atoms. The first-order valence-corrected chi connectivity index (χ1v) is 10.3. The zero-order valence-corrected chi connectivity index (χ0v) is 19.1. The second-order valence-corrected chi connectivity index (χ2v) is 7.27. The Morgan fingerprint density at radius 2 is 1.81 bits per heavy atom. The molecule has 8 heteroatoms. The van der Waals surface area contributed by atoms with Crippen LogP contribution in [0.3, 0.4) is 0 Å². The molecule has 0 aliphatic heterocycles. The minimum absolute atomic E-state index is 0.391. The second-order valence-electron chi connectivity index (χ2n) is 7.27. The Hall–Kier alpha value is -3.81. The number of hydrogen-bond acceptors (Lipinski definition) is 5. The third kappa shape index (κ3) is 5.26. The van der Waals surface area contributed by atoms with Gasteiger partial charge in [0.15, 0.2) is 5.96 Å². The molecule has 0 radical (unpaired) electrons. The van der Waals surface area contributed by atoms with E-state index in [0.29, 0.717) is 30.4 Å². The fraction of sp³-hybridized carbons (Fsp3) is 0.292. The highest BCUT2D eigenvalue weighted by Crippen LogP contribution is 2.21. The molecule has 0 unspecified atom stereocenters. The fourth-order valence-electron chi connectivity index (χ4n) is 3.45. The summed E-state index contributed by atoms with van der Waals surface area (Å²) in [5, 5.41) is 11.2. The first-order valence-electron chi connectivity index (χ1n) is 10.3. The van der Waals surface area contributed by atoms with E-state index in [2.05, 4.69) is 38.9 Å². The lowest BCUT2D eigenvalue weighted by Crippen LogP contribution is -2.36. The fourth-order valence-corrected chi connectivity index (χ4v) is 3.45. The van der Waals surface area contributed by atoms with Crippen LogP contribution in [0.2, 0.25) is 0 Å². The summed E-state index contributed by atoms with van der Waals surface area (Å²) in [4.78, 5) is 16.1. The number of methoxy groups -OCH3 is 2. The van der Waals surface area contributed by atoms with E-state index in [-0.39, 0.29) is 0 Å². The molecular formula is C24H29N5O3. The summed E-state index contributed by atoms with van der Waals surface area (Å²) in [5.41, 5.74) is 5.54. The normalized spacial score (nSPS) is 11.2. The SMILES string of the molecule is CN=C(NCc1ccc(C(=O)OC)c(OC)c1)NCc1ccccc1-n1nc(C)cc1C. The van der Waals surface area contributed by atoms with Crippen molar-refractivity contribution in [3.05, 3.63) is 76.6 Å². The molecule has 168 valence electrons. The molecule has 0 aliphatic carbocycles. The van der Waals surface area contributed by atoms with Gasteiger partial charge in [0.25, 0.3) is 0 Å². The van der Waals surface area contributed by atoms with Crippen molar-refractivity contribution in [3.8, 4) is 11.4 Å². The van der Waals surface area contributed by atoms with Gasteiger partial charge in [-0.2, -0.15) is 5.10 Å². The molecule has 0 saturated heterocycles. The van der Waals surface area contributed by atoms with Gasteiger partial charge in [0, 0.05) is 25.8 Å². The van der Waals surface area contributed by atoms with E-state index < -0.39 is 5.97 Å². The van der Waals surface area contributed by atoms with Crippen LogP contribution in [-0.2, 0) is 17.8 Å². The van der Waals surface area contributed by atoms with Crippen molar-refractivity contribution in [2.75, 3.05) is 21.3 Å². The molecule has 1 aromatic heterocycles. The molecule has 3 aromatic rings. The highest BCUT2D eigenvalue weighted by molar-refractivity contribution is 5.92. The van der Waals surface area contributed by atoms with Crippen molar-refractivity contribution < 1.29 is 14.3 Å². The summed E-state index contributed by atoms with van der Waals surface area (Å²) in [7, 11) is 4.60. The van der Waals surface area contributed by atoms with Gasteiger partial charge in [-0.3, -0.25) is 4.99 Å². The topological polar surface area (TPSA) is 89.8 Å². The lowest BCUT2D eigenvalue weighted by molar-refractivity contribution is 0.0597. The van der Waals surface area contributed by atoms with Crippen molar-refractivity contribution in [2.45, 2.75) is 26.9 Å². The number of carbonyl (C=O) groups is 1. The highest BCUT2D eigenvalue weighted by Gasteiger charge is 2.13. The van der Waals surface area contributed by atoms with E-state index in [9.17, 15) is 4.79 Å². The average Bonchev–Trinajstić information content (AvgIpc) is 3.16. The number of hydrogen-bond donors (Lipinski definition) is 2. The zero-order valence-electron chi connectivity index (χ0n) is 19.1. The van der Waals surface area contributed by atoms with Crippen LogP contribution in [0.1, 0.15) is 32.9 Å². The van der Waals surface area contributed by atoms with Crippen LogP contribution in [0.15, 0.2) is 53.5 Å². The van der Waals surface area contributed by atoms with Gasteiger partial charge in [0.1, 0.15) is 11.3 Å². The third-order valence-corrected chi connectivity index (χ3v) is 5.03. The predicted octanol–water partition coefficient (Wildman–Crippen LogP) is 3.15. The van der Waals surface area contributed by atoms with Gasteiger partial charge >= 0.3 is 5.97 Å². The molecule has 2 aromatic carbocycles. The molecule has 0 bridgehead atoms. The molecule has 8 nitrogen and oxygen atoms in total. The molecule has 2 N–H and O–H groups in total. The summed E-state index contributed by atoms with van der Waals surface area (Å²) in [6, 6.07) is 15.6. The van der Waals surface area contributed by atoms with Gasteiger partial charge in [-0.15, -0.1) is 0 Å². The standard InChI is InChI=1S/C24H29N5O3/c1-16-12-17(2)29(28-16)21-9-7-6-8-19(21)15-27-24(25-3)26-14-18-10-11-20(23(30)32-5)22(13-18)31-4/h6-13H,14-15H2,1-5H3,(H2,25,26,27). The van der Waals surface area contributed by atoms with E-state index in [1.807, 2.05) is 42.8 Å². The van der Waals surface area contributed by atoms with Gasteiger partial charge in [0.2, 0.25) is 0 Å². The summed E-state index contributed by atoms with van der Waals surface area (Å²) in [5.74, 6) is 0.696. The van der Waals surface area contributed by atoms with Gasteiger partial charge < -0.3 is 20.1 Å². The maximum Gasteiger partial charge on any atom is 0.341 e. The van der Waals surface area contributed by atoms with Crippen molar-refractivity contribution in [1.29, 1.82) is 0 Å². The highest BCUT2D eigenvalue weighted by atomic mass is 16.5. The van der Waals surface area contributed by atoms with Crippen molar-refractivity contribution in [3.63, 3.8) is 0 Å². The summed E-state index contributed by atoms with van der Waals surface area (Å²) >= 11 is 0. The molecular weight excluding hydrogens is 406 g/mol. The number of carbonyl (C=O) groups excluding carboxylic acids is 1. The minimum atomic E-state index is -0.430. The van der Waals surface area contributed by atoms with Crippen LogP contribution in [0.5, 0.6) is 5.75 Å². The Kier molecular flexibility index (Phi) is 7.49. The van der Waals surface area contributed by atoms with Crippen LogP contribution >= 0.6 is 0 Å². The molecule has 0 spiro atoms. The number of nitrogens with zero attached hydrogens (tertiary/aromatic N) is 3. The number of esters is 1. The number of para-hydroxylation sites is 1. The molecule has 3 rings (SSSR count). The molecule has 1 heterocycles. The van der Waals surface area contributed by atoms with E-state index in [0.717, 1.165) is 28.2 Å².